The van der Waals surface area contributed by atoms with E-state index < -0.39 is 5.82 Å². The third kappa shape index (κ3) is 2.74. The first-order chi connectivity index (χ1) is 11.0. The number of aromatic amines is 1. The van der Waals surface area contributed by atoms with Crippen molar-refractivity contribution < 1.29 is 65.6 Å². The fourth-order valence-electron chi connectivity index (χ4n) is 2.65. The maximum Gasteiger partial charge on any atom is 1.00 e. The van der Waals surface area contributed by atoms with Crippen LogP contribution < -0.4 is 61.2 Å². The van der Waals surface area contributed by atoms with Crippen LogP contribution in [-0.2, 0) is 0 Å². The van der Waals surface area contributed by atoms with Crippen molar-refractivity contribution in [1.82, 2.24) is 19.6 Å². The first kappa shape index (κ1) is 17.4. The fourth-order valence-corrected chi connectivity index (χ4v) is 2.65. The summed E-state index contributed by atoms with van der Waals surface area (Å²) < 4.78 is 21.6. The molecule has 3 aromatic heterocycles. The number of nitrogens with zero attached hydrogens (tertiary/aromatic N) is 3. The van der Waals surface area contributed by atoms with E-state index in [1.165, 1.54) is 23.1 Å². The van der Waals surface area contributed by atoms with Gasteiger partial charge in [0.15, 0.2) is 11.6 Å². The third-order valence-corrected chi connectivity index (χ3v) is 3.79. The van der Waals surface area contributed by atoms with Gasteiger partial charge in [0.05, 0.1) is 0 Å². The van der Waals surface area contributed by atoms with E-state index >= 15 is 0 Å². The maximum atomic E-state index is 14.6. The molecule has 0 saturated heterocycles. The third-order valence-electron chi connectivity index (χ3n) is 3.79. The van der Waals surface area contributed by atoms with Crippen LogP contribution in [0.4, 0.5) is 4.39 Å². The van der Waals surface area contributed by atoms with Gasteiger partial charge < -0.3 is 14.8 Å². The van der Waals surface area contributed by atoms with E-state index in [1.807, 2.05) is 6.92 Å². The van der Waals surface area contributed by atoms with Crippen LogP contribution in [0.2, 0.25) is 0 Å². The molecule has 0 amide bonds. The van der Waals surface area contributed by atoms with Crippen molar-refractivity contribution in [3.8, 4) is 17.4 Å². The van der Waals surface area contributed by atoms with Crippen LogP contribution in [0, 0.1) is 19.7 Å². The fraction of sp³-hybridized carbons (Fsp3) is 0.125. The van der Waals surface area contributed by atoms with Gasteiger partial charge in [0.2, 0.25) is 5.88 Å². The largest absolute Gasteiger partial charge is 1.00 e. The van der Waals surface area contributed by atoms with Crippen molar-refractivity contribution in [2.75, 3.05) is 0 Å². The van der Waals surface area contributed by atoms with Crippen LogP contribution in [0.5, 0.6) is 17.4 Å². The molecule has 24 heavy (non-hydrogen) atoms. The monoisotopic (exact) mass is 350 g/mol. The first-order valence-corrected chi connectivity index (χ1v) is 7.00. The van der Waals surface area contributed by atoms with Crippen molar-refractivity contribution in [1.29, 1.82) is 0 Å². The standard InChI is InChI=1S/C16H13FN4O2.K/c1-8-5-10-11(20-8)3-4-13(14(10)17)23-16-15-9(2)12(22)6-21(15)19-7-18-16;/h3-7,20,22H,1-2H3;/q;+1/p-1. The van der Waals surface area contributed by atoms with Crippen molar-refractivity contribution in [2.45, 2.75) is 13.8 Å². The van der Waals surface area contributed by atoms with Crippen LogP contribution in [0.1, 0.15) is 11.3 Å². The van der Waals surface area contributed by atoms with Gasteiger partial charge in [-0.2, -0.15) is 10.1 Å². The van der Waals surface area contributed by atoms with Gasteiger partial charge in [-0.3, -0.25) is 0 Å². The summed E-state index contributed by atoms with van der Waals surface area (Å²) in [6.07, 6.45) is 2.60. The zero-order valence-electron chi connectivity index (χ0n) is 13.4. The molecule has 6 nitrogen and oxygen atoms in total. The quantitative estimate of drug-likeness (QED) is 0.510. The molecular weight excluding hydrogens is 338 g/mol. The molecule has 0 fully saturated rings. The molecule has 0 radical (unpaired) electrons. The molecule has 0 saturated carbocycles. The Morgan fingerprint density at radius 3 is 2.88 bits per heavy atom. The molecule has 0 aliphatic carbocycles. The van der Waals surface area contributed by atoms with E-state index in [0.717, 1.165) is 5.69 Å². The summed E-state index contributed by atoms with van der Waals surface area (Å²) in [6, 6.07) is 4.98. The zero-order valence-corrected chi connectivity index (χ0v) is 16.5. The van der Waals surface area contributed by atoms with E-state index in [-0.39, 0.29) is 68.8 Å². The van der Waals surface area contributed by atoms with Crippen molar-refractivity contribution >= 4 is 16.4 Å². The summed E-state index contributed by atoms with van der Waals surface area (Å²) >= 11 is 0. The Morgan fingerprint density at radius 2 is 2.08 bits per heavy atom. The average Bonchev–Trinajstić information content (AvgIpc) is 3.04. The second-order valence-corrected chi connectivity index (χ2v) is 5.37. The molecule has 0 atom stereocenters. The van der Waals surface area contributed by atoms with E-state index in [2.05, 4.69) is 15.1 Å². The number of nitrogens with one attached hydrogen (secondary N) is 1. The predicted octanol–water partition coefficient (Wildman–Crippen LogP) is -0.164. The number of aromatic nitrogens is 4. The molecule has 1 N–H and O–H groups in total. The number of ether oxygens (including phenoxy) is 1. The van der Waals surface area contributed by atoms with Gasteiger partial charge in [-0.25, -0.2) is 8.91 Å². The van der Waals surface area contributed by atoms with E-state index in [0.29, 0.717) is 22.0 Å². The molecular formula is C16H12FKN4O2. The Balaban J connectivity index is 0.00000169. The summed E-state index contributed by atoms with van der Waals surface area (Å²) in [4.78, 5) is 7.10. The van der Waals surface area contributed by atoms with Crippen molar-refractivity contribution in [3.63, 3.8) is 0 Å². The van der Waals surface area contributed by atoms with Gasteiger partial charge >= 0.3 is 51.4 Å². The van der Waals surface area contributed by atoms with Gasteiger partial charge in [-0.05, 0) is 37.6 Å². The summed E-state index contributed by atoms with van der Waals surface area (Å²) in [7, 11) is 0. The number of rotatable bonds is 2. The Morgan fingerprint density at radius 1 is 1.29 bits per heavy atom. The topological polar surface area (TPSA) is 78.3 Å². The summed E-state index contributed by atoms with van der Waals surface area (Å²) in [5, 5.41) is 16.2. The second-order valence-electron chi connectivity index (χ2n) is 5.37. The molecule has 116 valence electrons. The van der Waals surface area contributed by atoms with Gasteiger partial charge in [0, 0.05) is 22.8 Å². The van der Waals surface area contributed by atoms with Crippen LogP contribution in [0.15, 0.2) is 30.7 Å². The molecule has 4 aromatic rings. The van der Waals surface area contributed by atoms with Gasteiger partial charge in [0.25, 0.3) is 0 Å². The number of hydrogen-bond acceptors (Lipinski definition) is 4. The molecule has 0 aliphatic rings. The Kier molecular flexibility index (Phi) is 4.67. The van der Waals surface area contributed by atoms with Gasteiger partial charge in [-0.1, -0.05) is 5.75 Å². The maximum absolute atomic E-state index is 14.6. The summed E-state index contributed by atoms with van der Waals surface area (Å²) in [5.41, 5.74) is 2.45. The number of halogens is 1. The van der Waals surface area contributed by atoms with E-state index in [1.54, 1.807) is 19.1 Å². The number of aryl methyl sites for hydroxylation is 2. The number of fused-ring (bicyclic) bond motifs is 2. The Labute approximate surface area is 179 Å². The van der Waals surface area contributed by atoms with E-state index in [4.69, 9.17) is 4.74 Å². The molecule has 0 bridgehead atoms. The van der Waals surface area contributed by atoms with E-state index in [9.17, 15) is 9.50 Å². The molecule has 0 unspecified atom stereocenters. The smallest absolute Gasteiger partial charge is 0.871 e. The second kappa shape index (κ2) is 6.45. The minimum Gasteiger partial charge on any atom is -0.871 e. The molecule has 3 heterocycles. The van der Waals surface area contributed by atoms with Crippen LogP contribution in [-0.4, -0.2) is 19.6 Å². The van der Waals surface area contributed by atoms with Crippen LogP contribution in [0.25, 0.3) is 16.4 Å². The molecule has 0 spiro atoms. The summed E-state index contributed by atoms with van der Waals surface area (Å²) in [6.45, 7) is 3.51. The first-order valence-electron chi connectivity index (χ1n) is 7.00. The Hall–Kier alpha value is -1.45. The molecule has 4 rings (SSSR count). The van der Waals surface area contributed by atoms with Crippen LogP contribution >= 0.6 is 0 Å². The van der Waals surface area contributed by atoms with Gasteiger partial charge in [-0.15, -0.1) is 0 Å². The summed E-state index contributed by atoms with van der Waals surface area (Å²) in [5.74, 6) is -0.460. The Bertz CT molecular complexity index is 1060. The normalized spacial score (nSPS) is 11.0. The minimum absolute atomic E-state index is 0. The minimum atomic E-state index is -0.477. The number of benzene rings is 1. The predicted molar refractivity (Wildman–Crippen MR) is 80.2 cm³/mol. The zero-order chi connectivity index (χ0) is 16.1. The number of hydrogen-bond donors (Lipinski definition) is 1. The molecule has 8 heteroatoms. The van der Waals surface area contributed by atoms with Gasteiger partial charge in [0.1, 0.15) is 11.8 Å². The van der Waals surface area contributed by atoms with Crippen molar-refractivity contribution in [2.24, 2.45) is 0 Å². The molecule has 0 aliphatic heterocycles. The van der Waals surface area contributed by atoms with Crippen LogP contribution in [0.3, 0.4) is 0 Å². The molecule has 1 aromatic carbocycles. The number of H-pyrrole nitrogens is 1. The van der Waals surface area contributed by atoms with Crippen molar-refractivity contribution in [3.05, 3.63) is 47.8 Å². The SMILES string of the molecule is Cc1cc2c(F)c(Oc3ncnn4cc([O-])c(C)c34)ccc2[nH]1.[K+]. The average molecular weight is 350 g/mol.